The van der Waals surface area contributed by atoms with Crippen LogP contribution in [0.1, 0.15) is 19.4 Å². The lowest BCUT2D eigenvalue weighted by Crippen LogP contribution is -2.42. The summed E-state index contributed by atoms with van der Waals surface area (Å²) in [5, 5.41) is 3.44. The maximum atomic E-state index is 11.8. The van der Waals surface area contributed by atoms with Crippen LogP contribution in [-0.4, -0.2) is 22.7 Å². The van der Waals surface area contributed by atoms with Gasteiger partial charge in [0, 0.05) is 20.0 Å². The number of carbonyl (C=O) groups excluding carboxylic acids is 2. The molecule has 6 nitrogen and oxygen atoms in total. The Morgan fingerprint density at radius 1 is 1.23 bits per heavy atom. The molecule has 0 unspecified atom stereocenters. The van der Waals surface area contributed by atoms with E-state index in [0.717, 1.165) is 15.8 Å². The van der Waals surface area contributed by atoms with Gasteiger partial charge < -0.3 is 14.8 Å². The number of nitrogens with zero attached hydrogens (tertiary/aromatic N) is 1. The van der Waals surface area contributed by atoms with Gasteiger partial charge in [0.15, 0.2) is 10.7 Å². The van der Waals surface area contributed by atoms with Crippen molar-refractivity contribution >= 4 is 38.6 Å². The molecule has 1 fully saturated rings. The predicted octanol–water partition coefficient (Wildman–Crippen LogP) is 2.74. The summed E-state index contributed by atoms with van der Waals surface area (Å²) in [5.74, 6) is -2.67. The van der Waals surface area contributed by atoms with Gasteiger partial charge in [-0.05, 0) is 24.6 Å². The zero-order valence-corrected chi connectivity index (χ0v) is 13.1. The maximum Gasteiger partial charge on any atom is 0.350 e. The zero-order valence-electron chi connectivity index (χ0n) is 12.3. The van der Waals surface area contributed by atoms with E-state index in [1.54, 1.807) is 0 Å². The summed E-state index contributed by atoms with van der Waals surface area (Å²) >= 11 is 1.43. The summed E-state index contributed by atoms with van der Waals surface area (Å²) in [6, 6.07) is 5.92. The van der Waals surface area contributed by atoms with E-state index in [2.05, 4.69) is 10.3 Å². The molecule has 1 N–H and O–H groups in total. The topological polar surface area (TPSA) is 77.5 Å². The Bertz CT molecular complexity index is 785. The van der Waals surface area contributed by atoms with Crippen LogP contribution in [0.4, 0.5) is 5.13 Å². The molecule has 2 heterocycles. The number of nitrogens with one attached hydrogen (secondary N) is 1. The summed E-state index contributed by atoms with van der Waals surface area (Å²) < 4.78 is 11.0. The fraction of sp³-hybridized carbons (Fsp3) is 0.267. The summed E-state index contributed by atoms with van der Waals surface area (Å²) in [4.78, 5) is 28.0. The van der Waals surface area contributed by atoms with Gasteiger partial charge in [-0.15, -0.1) is 0 Å². The Labute approximate surface area is 130 Å². The second-order valence-corrected chi connectivity index (χ2v) is 6.40. The normalized spacial score (nSPS) is 17.1. The molecule has 0 aliphatic carbocycles. The highest BCUT2D eigenvalue weighted by Gasteiger charge is 2.38. The number of carbonyl (C=O) groups is 2. The van der Waals surface area contributed by atoms with Gasteiger partial charge in [0.25, 0.3) is 5.79 Å². The van der Waals surface area contributed by atoms with Crippen LogP contribution in [0.5, 0.6) is 0 Å². The lowest BCUT2D eigenvalue weighted by molar-refractivity contribution is -0.222. The molecule has 7 heteroatoms. The second kappa shape index (κ2) is 5.10. The van der Waals surface area contributed by atoms with E-state index in [0.29, 0.717) is 5.13 Å². The van der Waals surface area contributed by atoms with E-state index >= 15 is 0 Å². The van der Waals surface area contributed by atoms with Crippen molar-refractivity contribution in [2.45, 2.75) is 26.6 Å². The fourth-order valence-electron chi connectivity index (χ4n) is 2.01. The molecule has 22 heavy (non-hydrogen) atoms. The van der Waals surface area contributed by atoms with E-state index in [1.807, 2.05) is 25.1 Å². The second-order valence-electron chi connectivity index (χ2n) is 5.37. The number of anilines is 1. The molecule has 1 aliphatic rings. The SMILES string of the molecule is Cc1ccc2nc(NC=C3C(=O)OC(C)(C)OC3=O)sc2c1. The van der Waals surface area contributed by atoms with Gasteiger partial charge in [-0.3, -0.25) is 0 Å². The highest BCUT2D eigenvalue weighted by Crippen LogP contribution is 2.27. The van der Waals surface area contributed by atoms with E-state index in [4.69, 9.17) is 9.47 Å². The third-order valence-electron chi connectivity index (χ3n) is 3.00. The molecule has 0 bridgehead atoms. The molecule has 1 aromatic carbocycles. The summed E-state index contributed by atoms with van der Waals surface area (Å²) in [6.45, 7) is 5.01. The quantitative estimate of drug-likeness (QED) is 0.521. The molecular formula is C15H14N2O4S. The van der Waals surface area contributed by atoms with Crippen molar-refractivity contribution in [1.82, 2.24) is 4.98 Å². The molecule has 0 saturated carbocycles. The molecule has 114 valence electrons. The zero-order chi connectivity index (χ0) is 15.9. The summed E-state index contributed by atoms with van der Waals surface area (Å²) in [5.41, 5.74) is 1.81. The molecule has 3 rings (SSSR count). The number of aryl methyl sites for hydroxylation is 1. The highest BCUT2D eigenvalue weighted by atomic mass is 32.1. The molecule has 0 radical (unpaired) electrons. The lowest BCUT2D eigenvalue weighted by atomic mass is 10.2. The van der Waals surface area contributed by atoms with Gasteiger partial charge >= 0.3 is 11.9 Å². The van der Waals surface area contributed by atoms with Crippen molar-refractivity contribution < 1.29 is 19.1 Å². The molecule has 1 aliphatic heterocycles. The number of hydrogen-bond acceptors (Lipinski definition) is 7. The first-order chi connectivity index (χ1) is 10.3. The van der Waals surface area contributed by atoms with E-state index in [1.165, 1.54) is 31.4 Å². The first-order valence-electron chi connectivity index (χ1n) is 6.65. The Kier molecular flexibility index (Phi) is 3.37. The summed E-state index contributed by atoms with van der Waals surface area (Å²) in [6.07, 6.45) is 1.27. The highest BCUT2D eigenvalue weighted by molar-refractivity contribution is 7.22. The van der Waals surface area contributed by atoms with E-state index < -0.39 is 17.7 Å². The lowest BCUT2D eigenvalue weighted by Gasteiger charge is -2.29. The average Bonchev–Trinajstić information content (AvgIpc) is 2.78. The van der Waals surface area contributed by atoms with Crippen molar-refractivity contribution in [2.75, 3.05) is 5.32 Å². The van der Waals surface area contributed by atoms with Gasteiger partial charge in [0.2, 0.25) is 0 Å². The molecule has 0 amide bonds. The number of benzene rings is 1. The Hall–Kier alpha value is -2.41. The van der Waals surface area contributed by atoms with Gasteiger partial charge in [0.05, 0.1) is 10.2 Å². The third-order valence-corrected chi connectivity index (χ3v) is 3.95. The van der Waals surface area contributed by atoms with Crippen LogP contribution >= 0.6 is 11.3 Å². The average molecular weight is 318 g/mol. The van der Waals surface area contributed by atoms with Crippen LogP contribution in [-0.2, 0) is 19.1 Å². The van der Waals surface area contributed by atoms with Crippen molar-refractivity contribution in [2.24, 2.45) is 0 Å². The van der Waals surface area contributed by atoms with Crippen LogP contribution in [0.2, 0.25) is 0 Å². The van der Waals surface area contributed by atoms with Gasteiger partial charge in [-0.2, -0.15) is 0 Å². The van der Waals surface area contributed by atoms with Crippen LogP contribution in [0.25, 0.3) is 10.2 Å². The van der Waals surface area contributed by atoms with Gasteiger partial charge in [-0.1, -0.05) is 17.4 Å². The smallest absolute Gasteiger partial charge is 0.350 e. The third kappa shape index (κ3) is 2.80. The molecule has 0 spiro atoms. The maximum absolute atomic E-state index is 11.8. The van der Waals surface area contributed by atoms with Crippen molar-refractivity contribution in [3.63, 3.8) is 0 Å². The minimum absolute atomic E-state index is 0.185. The molecule has 1 saturated heterocycles. The number of esters is 2. The number of thiazole rings is 1. The molecule has 1 aromatic heterocycles. The van der Waals surface area contributed by atoms with Crippen LogP contribution in [0, 0.1) is 6.92 Å². The molecule has 2 aromatic rings. The number of cyclic esters (lactones) is 2. The van der Waals surface area contributed by atoms with E-state index in [-0.39, 0.29) is 5.57 Å². The first-order valence-corrected chi connectivity index (χ1v) is 7.46. The minimum atomic E-state index is -1.24. The number of fused-ring (bicyclic) bond motifs is 1. The van der Waals surface area contributed by atoms with Crippen molar-refractivity contribution in [3.8, 4) is 0 Å². The predicted molar refractivity (Wildman–Crippen MR) is 82.3 cm³/mol. The van der Waals surface area contributed by atoms with Crippen molar-refractivity contribution in [1.29, 1.82) is 0 Å². The Morgan fingerprint density at radius 2 is 1.91 bits per heavy atom. The standard InChI is InChI=1S/C15H14N2O4S/c1-8-4-5-10-11(6-8)22-14(17-10)16-7-9-12(18)20-15(2,3)21-13(9)19/h4-7H,1-3H3,(H,16,17). The van der Waals surface area contributed by atoms with Crippen LogP contribution < -0.4 is 5.32 Å². The van der Waals surface area contributed by atoms with E-state index in [9.17, 15) is 9.59 Å². The molecular weight excluding hydrogens is 304 g/mol. The largest absolute Gasteiger partial charge is 0.419 e. The molecule has 0 atom stereocenters. The van der Waals surface area contributed by atoms with Crippen LogP contribution in [0.3, 0.4) is 0 Å². The number of aromatic nitrogens is 1. The van der Waals surface area contributed by atoms with Gasteiger partial charge in [-0.25, -0.2) is 14.6 Å². The van der Waals surface area contributed by atoms with Crippen molar-refractivity contribution in [3.05, 3.63) is 35.5 Å². The Balaban J connectivity index is 1.83. The van der Waals surface area contributed by atoms with Gasteiger partial charge in [0.1, 0.15) is 0 Å². The van der Waals surface area contributed by atoms with Crippen LogP contribution in [0.15, 0.2) is 30.0 Å². The number of ether oxygens (including phenoxy) is 2. The monoisotopic (exact) mass is 318 g/mol. The summed E-state index contributed by atoms with van der Waals surface area (Å²) in [7, 11) is 0. The fourth-order valence-corrected chi connectivity index (χ4v) is 2.94. The minimum Gasteiger partial charge on any atom is -0.419 e. The first kappa shape index (κ1) is 14.5. The Morgan fingerprint density at radius 3 is 2.59 bits per heavy atom. The number of hydrogen-bond donors (Lipinski definition) is 1. The number of rotatable bonds is 2.